The number of pyridine rings is 1. The van der Waals surface area contributed by atoms with E-state index in [1.54, 1.807) is 18.2 Å². The lowest BCUT2D eigenvalue weighted by Gasteiger charge is -2.20. The van der Waals surface area contributed by atoms with Crippen molar-refractivity contribution in [2.24, 2.45) is 0 Å². The highest BCUT2D eigenvalue weighted by molar-refractivity contribution is 7.90. The number of sulfonamides is 1. The molecule has 0 fully saturated rings. The summed E-state index contributed by atoms with van der Waals surface area (Å²) < 4.78 is 48.4. The lowest BCUT2D eigenvalue weighted by Crippen LogP contribution is -2.34. The first-order chi connectivity index (χ1) is 10.4. The second-order valence-electron chi connectivity index (χ2n) is 4.50. The van der Waals surface area contributed by atoms with Crippen LogP contribution >= 0.6 is 15.2 Å². The van der Waals surface area contributed by atoms with Gasteiger partial charge in [-0.15, -0.1) is 0 Å². The Balaban J connectivity index is 2.57. The van der Waals surface area contributed by atoms with Gasteiger partial charge in [0.1, 0.15) is 4.90 Å². The van der Waals surface area contributed by atoms with Crippen LogP contribution in [0.25, 0.3) is 10.9 Å². The molecule has 10 nitrogen and oxygen atoms in total. The molecule has 0 aliphatic heterocycles. The SMILES string of the molecule is O=P(O)(O)C(NS(=O)(=O)c1cccc2cccnc12)P(=O)(O)O. The van der Waals surface area contributed by atoms with E-state index in [-0.39, 0.29) is 5.52 Å². The predicted octanol–water partition coefficient (Wildman–Crippen LogP) is 0.152. The molecule has 1 aromatic carbocycles. The monoisotopic (exact) mass is 382 g/mol. The molecule has 0 spiro atoms. The summed E-state index contributed by atoms with van der Waals surface area (Å²) >= 11 is 0. The Morgan fingerprint density at radius 1 is 1.00 bits per heavy atom. The highest BCUT2D eigenvalue weighted by atomic mass is 32.2. The Morgan fingerprint density at radius 3 is 2.13 bits per heavy atom. The zero-order chi connectivity index (χ0) is 17.5. The van der Waals surface area contributed by atoms with Crippen molar-refractivity contribution >= 4 is 36.1 Å². The Bertz CT molecular complexity index is 908. The number of fused-ring (bicyclic) bond motifs is 1. The minimum absolute atomic E-state index is 0.00215. The molecule has 0 bridgehead atoms. The lowest BCUT2D eigenvalue weighted by atomic mass is 10.2. The van der Waals surface area contributed by atoms with Crippen LogP contribution in [0.5, 0.6) is 0 Å². The van der Waals surface area contributed by atoms with Crippen molar-refractivity contribution in [2.45, 2.75) is 10.4 Å². The van der Waals surface area contributed by atoms with Gasteiger partial charge in [-0.1, -0.05) is 18.2 Å². The third-order valence-corrected chi connectivity index (χ3v) is 7.92. The number of nitrogens with one attached hydrogen (secondary N) is 1. The van der Waals surface area contributed by atoms with E-state index in [1.165, 1.54) is 17.0 Å². The molecule has 0 unspecified atom stereocenters. The van der Waals surface area contributed by atoms with E-state index in [9.17, 15) is 17.5 Å². The Morgan fingerprint density at radius 2 is 1.57 bits per heavy atom. The predicted molar refractivity (Wildman–Crippen MR) is 79.9 cm³/mol. The third-order valence-electron chi connectivity index (χ3n) is 2.78. The number of para-hydroxylation sites is 1. The average Bonchev–Trinajstić information content (AvgIpc) is 2.42. The van der Waals surface area contributed by atoms with E-state index in [1.807, 2.05) is 0 Å². The number of hydrogen-bond donors (Lipinski definition) is 5. The van der Waals surface area contributed by atoms with Crippen molar-refractivity contribution in [2.75, 3.05) is 0 Å². The molecular formula is C10H12N2O8P2S. The smallest absolute Gasteiger partial charge is 0.323 e. The van der Waals surface area contributed by atoms with Gasteiger partial charge in [-0.2, -0.15) is 4.72 Å². The van der Waals surface area contributed by atoms with E-state index in [4.69, 9.17) is 19.6 Å². The molecule has 126 valence electrons. The number of rotatable bonds is 5. The summed E-state index contributed by atoms with van der Waals surface area (Å²) in [5, 5.41) is 0.430. The van der Waals surface area contributed by atoms with Crippen molar-refractivity contribution in [3.8, 4) is 0 Å². The van der Waals surface area contributed by atoms with Crippen molar-refractivity contribution in [1.82, 2.24) is 9.71 Å². The summed E-state index contributed by atoms with van der Waals surface area (Å²) in [4.78, 5) is 39.5. The highest BCUT2D eigenvalue weighted by Gasteiger charge is 2.46. The quantitative estimate of drug-likeness (QED) is 0.451. The maximum absolute atomic E-state index is 12.3. The molecule has 1 heterocycles. The molecule has 5 N–H and O–H groups in total. The van der Waals surface area contributed by atoms with Gasteiger partial charge in [0.05, 0.1) is 5.52 Å². The van der Waals surface area contributed by atoms with Crippen LogP contribution in [0, 0.1) is 0 Å². The van der Waals surface area contributed by atoms with Crippen molar-refractivity contribution < 1.29 is 37.1 Å². The number of nitrogens with zero attached hydrogens (tertiary/aromatic N) is 1. The first kappa shape index (κ1) is 18.2. The zero-order valence-electron chi connectivity index (χ0n) is 11.2. The van der Waals surface area contributed by atoms with E-state index in [2.05, 4.69) is 4.98 Å². The van der Waals surface area contributed by atoms with E-state index < -0.39 is 35.6 Å². The second kappa shape index (κ2) is 6.04. The molecule has 0 saturated carbocycles. The maximum atomic E-state index is 12.3. The van der Waals surface area contributed by atoms with Crippen LogP contribution in [0.3, 0.4) is 0 Å². The number of aromatic nitrogens is 1. The van der Waals surface area contributed by atoms with Crippen LogP contribution < -0.4 is 4.72 Å². The van der Waals surface area contributed by atoms with Crippen molar-refractivity contribution in [3.63, 3.8) is 0 Å². The van der Waals surface area contributed by atoms with Crippen LogP contribution in [0.4, 0.5) is 0 Å². The highest BCUT2D eigenvalue weighted by Crippen LogP contribution is 2.58. The van der Waals surface area contributed by atoms with Gasteiger partial charge < -0.3 is 19.6 Å². The number of benzene rings is 1. The van der Waals surface area contributed by atoms with Crippen LogP contribution in [0.2, 0.25) is 0 Å². The topological polar surface area (TPSA) is 174 Å². The Kier molecular flexibility index (Phi) is 4.78. The van der Waals surface area contributed by atoms with Gasteiger partial charge in [0.2, 0.25) is 15.5 Å². The van der Waals surface area contributed by atoms with Gasteiger partial charge in [0, 0.05) is 11.6 Å². The largest absolute Gasteiger partial charge is 0.355 e. The summed E-state index contributed by atoms with van der Waals surface area (Å²) in [6.07, 6.45) is 1.31. The van der Waals surface area contributed by atoms with Gasteiger partial charge in [-0.25, -0.2) is 8.42 Å². The van der Waals surface area contributed by atoms with Crippen LogP contribution in [-0.2, 0) is 19.2 Å². The first-order valence-corrected chi connectivity index (χ1v) is 10.7. The molecule has 0 saturated heterocycles. The summed E-state index contributed by atoms with van der Waals surface area (Å²) in [5.41, 5.74) is -2.88. The fourth-order valence-electron chi connectivity index (χ4n) is 1.83. The van der Waals surface area contributed by atoms with E-state index in [0.717, 1.165) is 6.07 Å². The summed E-state index contributed by atoms with van der Waals surface area (Å²) in [6.45, 7) is 0. The summed E-state index contributed by atoms with van der Waals surface area (Å²) in [6, 6.07) is 7.15. The van der Waals surface area contributed by atoms with Crippen LogP contribution in [0.15, 0.2) is 41.4 Å². The van der Waals surface area contributed by atoms with Crippen molar-refractivity contribution in [1.29, 1.82) is 0 Å². The minimum Gasteiger partial charge on any atom is -0.323 e. The summed E-state index contributed by atoms with van der Waals surface area (Å²) in [7, 11) is -15.5. The zero-order valence-corrected chi connectivity index (χ0v) is 13.8. The Hall–Kier alpha value is -1.16. The van der Waals surface area contributed by atoms with Gasteiger partial charge in [0.25, 0.3) is 0 Å². The van der Waals surface area contributed by atoms with Crippen LogP contribution in [-0.4, -0.2) is 38.5 Å². The first-order valence-electron chi connectivity index (χ1n) is 5.89. The molecule has 13 heteroatoms. The molecule has 2 aromatic rings. The molecule has 0 atom stereocenters. The second-order valence-corrected chi connectivity index (χ2v) is 9.98. The van der Waals surface area contributed by atoms with E-state index >= 15 is 0 Å². The molecule has 1 aromatic heterocycles. The van der Waals surface area contributed by atoms with Crippen molar-refractivity contribution in [3.05, 3.63) is 36.5 Å². The molecule has 23 heavy (non-hydrogen) atoms. The molecule has 2 rings (SSSR count). The number of hydrogen-bond acceptors (Lipinski definition) is 5. The fraction of sp³-hybridized carbons (Fsp3) is 0.100. The van der Waals surface area contributed by atoms with Gasteiger partial charge >= 0.3 is 15.2 Å². The Labute approximate surface area is 130 Å². The average molecular weight is 382 g/mol. The molecule has 0 aliphatic rings. The minimum atomic E-state index is -5.45. The van der Waals surface area contributed by atoms with Gasteiger partial charge in [-0.05, 0) is 12.1 Å². The molecule has 0 aliphatic carbocycles. The lowest BCUT2D eigenvalue weighted by molar-refractivity contribution is 0.335. The van der Waals surface area contributed by atoms with Gasteiger partial charge in [0.15, 0.2) is 0 Å². The molecule has 0 radical (unpaired) electrons. The third kappa shape index (κ3) is 4.03. The maximum Gasteiger partial charge on any atom is 0.355 e. The molecule has 0 amide bonds. The standard InChI is InChI=1S/C10H12N2O8P2S/c13-21(14,15)10(22(16,17)18)12-23(19,20)8-5-1-3-7-4-2-6-11-9(7)8/h1-6,10,12H,(H2,13,14,15)(H2,16,17,18). The van der Waals surface area contributed by atoms with E-state index in [0.29, 0.717) is 5.39 Å². The summed E-state index contributed by atoms with van der Waals surface area (Å²) in [5.74, 6) is 0. The normalized spacial score (nSPS) is 13.6. The fourth-order valence-corrected chi connectivity index (χ4v) is 6.41. The molecular weight excluding hydrogens is 370 g/mol. The van der Waals surface area contributed by atoms with Crippen LogP contribution in [0.1, 0.15) is 0 Å². The van der Waals surface area contributed by atoms with Gasteiger partial charge in [-0.3, -0.25) is 14.1 Å².